The van der Waals surface area contributed by atoms with Crippen molar-refractivity contribution in [2.24, 2.45) is 5.73 Å². The summed E-state index contributed by atoms with van der Waals surface area (Å²) >= 11 is 0. The van der Waals surface area contributed by atoms with E-state index >= 15 is 0 Å². The van der Waals surface area contributed by atoms with Crippen molar-refractivity contribution in [2.45, 2.75) is 50.6 Å². The predicted molar refractivity (Wildman–Crippen MR) is 135 cm³/mol. The van der Waals surface area contributed by atoms with Crippen LogP contribution in [0, 0.1) is 11.8 Å². The number of rotatable bonds is 5. The van der Waals surface area contributed by atoms with Crippen molar-refractivity contribution < 1.29 is 17.6 Å². The van der Waals surface area contributed by atoms with E-state index in [1.54, 1.807) is 25.1 Å². The van der Waals surface area contributed by atoms with Gasteiger partial charge in [0.2, 0.25) is 11.8 Å². The lowest BCUT2D eigenvalue weighted by molar-refractivity contribution is 0.370. The molecule has 0 spiro atoms. The quantitative estimate of drug-likeness (QED) is 0.536. The van der Waals surface area contributed by atoms with E-state index in [1.807, 2.05) is 49.9 Å². The Morgan fingerprint density at radius 2 is 1.91 bits per heavy atom. The van der Waals surface area contributed by atoms with Crippen LogP contribution < -0.4 is 15.4 Å². The van der Waals surface area contributed by atoms with E-state index in [-0.39, 0.29) is 16.1 Å². The molecule has 0 amide bonds. The smallest absolute Gasteiger partial charge is 0.247 e. The number of ether oxygens (including phenoxy) is 1. The number of benzene rings is 2. The zero-order valence-corrected chi connectivity index (χ0v) is 21.2. The van der Waals surface area contributed by atoms with Crippen molar-refractivity contribution in [2.75, 3.05) is 23.8 Å². The fourth-order valence-electron chi connectivity index (χ4n) is 3.86. The molecule has 1 aliphatic heterocycles. The summed E-state index contributed by atoms with van der Waals surface area (Å²) in [5.41, 5.74) is 8.16. The molecule has 0 bridgehead atoms. The van der Waals surface area contributed by atoms with Gasteiger partial charge in [0.15, 0.2) is 9.84 Å². The largest absolute Gasteiger partial charge is 0.481 e. The number of hydrogen-bond acceptors (Lipinski definition) is 8. The first-order chi connectivity index (χ1) is 16.6. The second-order valence-electron chi connectivity index (χ2n) is 9.63. The van der Waals surface area contributed by atoms with Crippen LogP contribution in [-0.2, 0) is 21.8 Å². The second-order valence-corrected chi connectivity index (χ2v) is 11.6. The van der Waals surface area contributed by atoms with Gasteiger partial charge >= 0.3 is 0 Å². The van der Waals surface area contributed by atoms with E-state index in [0.717, 1.165) is 11.3 Å². The average Bonchev–Trinajstić information content (AvgIpc) is 3.27. The summed E-state index contributed by atoms with van der Waals surface area (Å²) in [4.78, 5) is 2.25. The summed E-state index contributed by atoms with van der Waals surface area (Å²) in [6.45, 7) is 8.93. The van der Waals surface area contributed by atoms with Gasteiger partial charge in [-0.1, -0.05) is 38.8 Å². The lowest BCUT2D eigenvalue weighted by Gasteiger charge is -2.26. The van der Waals surface area contributed by atoms with E-state index in [2.05, 4.69) is 22.0 Å². The Bertz CT molecular complexity index is 1360. The topological polar surface area (TPSA) is 112 Å². The molecule has 0 aliphatic carbocycles. The van der Waals surface area contributed by atoms with Crippen molar-refractivity contribution in [3.63, 3.8) is 0 Å². The minimum absolute atomic E-state index is 0.115. The SMILES string of the molecule is CC#CCOc1ccc(CN2C[C@@H](N)CS(=O)(=O)c3ccc(-c4nnc(C(C)(C)C)o4)cc32)cc1. The van der Waals surface area contributed by atoms with Crippen LogP contribution in [0.4, 0.5) is 5.69 Å². The Morgan fingerprint density at radius 1 is 1.17 bits per heavy atom. The van der Waals surface area contributed by atoms with Gasteiger partial charge in [-0.2, -0.15) is 0 Å². The summed E-state index contributed by atoms with van der Waals surface area (Å²) in [7, 11) is -3.56. The van der Waals surface area contributed by atoms with Crippen LogP contribution in [0.5, 0.6) is 5.75 Å². The highest BCUT2D eigenvalue weighted by Gasteiger charge is 2.31. The van der Waals surface area contributed by atoms with Gasteiger partial charge in [-0.05, 0) is 42.8 Å². The molecule has 0 saturated heterocycles. The molecule has 2 N–H and O–H groups in total. The normalized spacial score (nSPS) is 17.2. The van der Waals surface area contributed by atoms with Crippen LogP contribution in [0.15, 0.2) is 51.8 Å². The molecule has 35 heavy (non-hydrogen) atoms. The number of nitrogens with two attached hydrogens (primary N) is 1. The van der Waals surface area contributed by atoms with E-state index in [1.165, 1.54) is 0 Å². The van der Waals surface area contributed by atoms with Gasteiger partial charge in [-0.3, -0.25) is 0 Å². The minimum atomic E-state index is -3.56. The zero-order valence-electron chi connectivity index (χ0n) is 20.4. The average molecular weight is 495 g/mol. The molecule has 184 valence electrons. The van der Waals surface area contributed by atoms with Crippen LogP contribution in [0.25, 0.3) is 11.5 Å². The number of fused-ring (bicyclic) bond motifs is 1. The lowest BCUT2D eigenvalue weighted by atomic mass is 9.97. The molecule has 9 heteroatoms. The van der Waals surface area contributed by atoms with E-state index < -0.39 is 15.9 Å². The standard InChI is InChI=1S/C26H30N4O4S/c1-5-6-13-33-21-10-7-18(8-11-21)15-30-16-20(27)17-35(31,32)23-12-9-19(14-22(23)30)24-28-29-25(34-24)26(2,3)4/h7-12,14,20H,13,15-17,27H2,1-4H3/t20-/m1/s1. The Morgan fingerprint density at radius 3 is 2.57 bits per heavy atom. The molecular weight excluding hydrogens is 464 g/mol. The van der Waals surface area contributed by atoms with Gasteiger partial charge in [-0.25, -0.2) is 8.42 Å². The van der Waals surface area contributed by atoms with Crippen molar-refractivity contribution in [1.82, 2.24) is 10.2 Å². The third kappa shape index (κ3) is 5.66. The highest BCUT2D eigenvalue weighted by Crippen LogP contribution is 2.35. The molecule has 0 saturated carbocycles. The molecule has 0 unspecified atom stereocenters. The Labute approximate surface area is 206 Å². The summed E-state index contributed by atoms with van der Waals surface area (Å²) < 4.78 is 37.6. The van der Waals surface area contributed by atoms with Crippen LogP contribution in [0.2, 0.25) is 0 Å². The lowest BCUT2D eigenvalue weighted by Crippen LogP contribution is -2.39. The van der Waals surface area contributed by atoms with Gasteiger partial charge in [0.05, 0.1) is 16.3 Å². The highest BCUT2D eigenvalue weighted by molar-refractivity contribution is 7.91. The molecule has 2 aromatic carbocycles. The Kier molecular flexibility index (Phi) is 6.88. The summed E-state index contributed by atoms with van der Waals surface area (Å²) in [5.74, 6) is 7.13. The van der Waals surface area contributed by atoms with Crippen LogP contribution in [0.3, 0.4) is 0 Å². The molecule has 0 fully saturated rings. The number of aromatic nitrogens is 2. The third-order valence-corrected chi connectivity index (χ3v) is 7.50. The number of hydrogen-bond donors (Lipinski definition) is 1. The second kappa shape index (κ2) is 9.72. The van der Waals surface area contributed by atoms with Crippen LogP contribution in [0.1, 0.15) is 39.1 Å². The molecule has 8 nitrogen and oxygen atoms in total. The first kappa shape index (κ1) is 24.8. The van der Waals surface area contributed by atoms with E-state index in [9.17, 15) is 8.42 Å². The minimum Gasteiger partial charge on any atom is -0.481 e. The van der Waals surface area contributed by atoms with Crippen molar-refractivity contribution in [1.29, 1.82) is 0 Å². The van der Waals surface area contributed by atoms with Crippen molar-refractivity contribution in [3.05, 3.63) is 53.9 Å². The maximum absolute atomic E-state index is 13.1. The fraction of sp³-hybridized carbons (Fsp3) is 0.385. The Hall–Kier alpha value is -3.35. The maximum Gasteiger partial charge on any atom is 0.247 e. The number of anilines is 1. The zero-order chi connectivity index (χ0) is 25.2. The first-order valence-corrected chi connectivity index (χ1v) is 13.0. The maximum atomic E-state index is 13.1. The summed E-state index contributed by atoms with van der Waals surface area (Å²) in [6.07, 6.45) is 0. The highest BCUT2D eigenvalue weighted by atomic mass is 32.2. The summed E-state index contributed by atoms with van der Waals surface area (Å²) in [5, 5.41) is 8.36. The Balaban J connectivity index is 1.68. The van der Waals surface area contributed by atoms with Crippen molar-refractivity contribution in [3.8, 4) is 29.0 Å². The number of sulfone groups is 1. The molecule has 1 aromatic heterocycles. The molecule has 4 rings (SSSR count). The van der Waals surface area contributed by atoms with Gasteiger partial charge in [0.25, 0.3) is 0 Å². The van der Waals surface area contributed by atoms with E-state index in [4.69, 9.17) is 14.9 Å². The van der Waals surface area contributed by atoms with Crippen LogP contribution >= 0.6 is 0 Å². The first-order valence-electron chi connectivity index (χ1n) is 11.4. The van der Waals surface area contributed by atoms with Crippen molar-refractivity contribution >= 4 is 15.5 Å². The molecule has 3 aromatic rings. The van der Waals surface area contributed by atoms with Gasteiger partial charge in [-0.15, -0.1) is 16.1 Å². The predicted octanol–water partition coefficient (Wildman–Crippen LogP) is 3.56. The molecule has 1 aliphatic rings. The van der Waals surface area contributed by atoms with Gasteiger partial charge < -0.3 is 19.8 Å². The summed E-state index contributed by atoms with van der Waals surface area (Å²) in [6, 6.07) is 12.3. The fourth-order valence-corrected chi connectivity index (χ4v) is 5.49. The van der Waals surface area contributed by atoms with E-state index in [0.29, 0.717) is 42.7 Å². The molecule has 2 heterocycles. The molecular formula is C26H30N4O4S. The van der Waals surface area contributed by atoms with Crippen LogP contribution in [-0.4, -0.2) is 43.6 Å². The monoisotopic (exact) mass is 494 g/mol. The number of nitrogens with zero attached hydrogens (tertiary/aromatic N) is 3. The third-order valence-electron chi connectivity index (χ3n) is 5.62. The van der Waals surface area contributed by atoms with Gasteiger partial charge in [0, 0.05) is 30.1 Å². The molecule has 1 atom stereocenters. The van der Waals surface area contributed by atoms with Gasteiger partial charge in [0.1, 0.15) is 12.4 Å². The molecule has 0 radical (unpaired) electrons.